The number of amides is 1. The molecule has 1 heterocycles. The topological polar surface area (TPSA) is 101 Å². The van der Waals surface area contributed by atoms with Gasteiger partial charge in [-0.05, 0) is 50.2 Å². The molecule has 0 aliphatic heterocycles. The van der Waals surface area contributed by atoms with Gasteiger partial charge in [-0.15, -0.1) is 0 Å². The predicted molar refractivity (Wildman–Crippen MR) is 98.6 cm³/mol. The van der Waals surface area contributed by atoms with Crippen molar-refractivity contribution in [3.05, 3.63) is 74.9 Å². The summed E-state index contributed by atoms with van der Waals surface area (Å²) in [6.07, 6.45) is 0. The molecule has 7 heteroatoms. The summed E-state index contributed by atoms with van der Waals surface area (Å²) in [5.41, 5.74) is 0.240. The van der Waals surface area contributed by atoms with Gasteiger partial charge in [-0.3, -0.25) is 14.4 Å². The van der Waals surface area contributed by atoms with Gasteiger partial charge in [-0.2, -0.15) is 0 Å². The first-order valence-corrected chi connectivity index (χ1v) is 8.04. The summed E-state index contributed by atoms with van der Waals surface area (Å²) in [6.45, 7) is 2.93. The quantitative estimate of drug-likeness (QED) is 0.703. The Balaban J connectivity index is 1.91. The Morgan fingerprint density at radius 2 is 1.69 bits per heavy atom. The van der Waals surface area contributed by atoms with Gasteiger partial charge >= 0.3 is 5.69 Å². The fourth-order valence-electron chi connectivity index (χ4n) is 2.68. The van der Waals surface area contributed by atoms with Gasteiger partial charge in [0.15, 0.2) is 5.78 Å². The Kier molecular flexibility index (Phi) is 4.53. The SMILES string of the molecule is CC(=O)c1ccc(NC(=O)C(C)n2c(=O)[nH]c3ccccc3c2=O)cc1. The number of hydrogen-bond donors (Lipinski definition) is 2. The fraction of sp³-hybridized carbons (Fsp3) is 0.158. The van der Waals surface area contributed by atoms with E-state index in [0.717, 1.165) is 4.57 Å². The summed E-state index contributed by atoms with van der Waals surface area (Å²) >= 11 is 0. The number of anilines is 1. The molecule has 2 aromatic carbocycles. The van der Waals surface area contributed by atoms with Crippen LogP contribution in [-0.2, 0) is 4.79 Å². The zero-order valence-electron chi connectivity index (χ0n) is 14.3. The zero-order valence-corrected chi connectivity index (χ0v) is 14.3. The molecule has 0 saturated heterocycles. The van der Waals surface area contributed by atoms with Crippen LogP contribution in [0.1, 0.15) is 30.2 Å². The van der Waals surface area contributed by atoms with E-state index in [0.29, 0.717) is 22.2 Å². The monoisotopic (exact) mass is 351 g/mol. The van der Waals surface area contributed by atoms with E-state index in [4.69, 9.17) is 0 Å². The normalized spacial score (nSPS) is 11.9. The maximum Gasteiger partial charge on any atom is 0.329 e. The average molecular weight is 351 g/mol. The molecule has 0 bridgehead atoms. The number of aromatic amines is 1. The Morgan fingerprint density at radius 3 is 2.35 bits per heavy atom. The van der Waals surface area contributed by atoms with Crippen LogP contribution in [-0.4, -0.2) is 21.2 Å². The lowest BCUT2D eigenvalue weighted by Crippen LogP contribution is -2.41. The lowest BCUT2D eigenvalue weighted by Gasteiger charge is -2.15. The number of H-pyrrole nitrogens is 1. The van der Waals surface area contributed by atoms with Crippen LogP contribution in [0.2, 0.25) is 0 Å². The number of fused-ring (bicyclic) bond motifs is 1. The summed E-state index contributed by atoms with van der Waals surface area (Å²) in [5.74, 6) is -0.589. The lowest BCUT2D eigenvalue weighted by atomic mass is 10.1. The second-order valence-corrected chi connectivity index (χ2v) is 5.95. The first-order chi connectivity index (χ1) is 12.4. The highest BCUT2D eigenvalue weighted by Crippen LogP contribution is 2.13. The molecule has 0 saturated carbocycles. The summed E-state index contributed by atoms with van der Waals surface area (Å²) in [6, 6.07) is 12.0. The van der Waals surface area contributed by atoms with Crippen molar-refractivity contribution >= 4 is 28.3 Å². The lowest BCUT2D eigenvalue weighted by molar-refractivity contribution is -0.119. The van der Waals surface area contributed by atoms with Crippen LogP contribution in [0.3, 0.4) is 0 Å². The van der Waals surface area contributed by atoms with Crippen LogP contribution >= 0.6 is 0 Å². The molecule has 0 radical (unpaired) electrons. The Morgan fingerprint density at radius 1 is 1.04 bits per heavy atom. The van der Waals surface area contributed by atoms with Crippen molar-refractivity contribution in [1.82, 2.24) is 9.55 Å². The van der Waals surface area contributed by atoms with E-state index in [1.807, 2.05) is 0 Å². The van der Waals surface area contributed by atoms with Gasteiger partial charge in [0.25, 0.3) is 5.56 Å². The molecule has 3 rings (SSSR count). The number of Topliss-reactive ketones (excluding diaryl/α,β-unsaturated/α-hetero) is 1. The third kappa shape index (κ3) is 3.19. The minimum absolute atomic E-state index is 0.0782. The van der Waals surface area contributed by atoms with Crippen molar-refractivity contribution in [1.29, 1.82) is 0 Å². The van der Waals surface area contributed by atoms with E-state index in [1.54, 1.807) is 48.5 Å². The second kappa shape index (κ2) is 6.79. The molecule has 1 atom stereocenters. The molecule has 3 aromatic rings. The molecular formula is C19H17N3O4. The maximum atomic E-state index is 12.6. The third-order valence-corrected chi connectivity index (χ3v) is 4.16. The smallest absolute Gasteiger partial charge is 0.324 e. The van der Waals surface area contributed by atoms with Crippen LogP contribution in [0, 0.1) is 0 Å². The largest absolute Gasteiger partial charge is 0.329 e. The highest BCUT2D eigenvalue weighted by Gasteiger charge is 2.20. The number of nitrogens with one attached hydrogen (secondary N) is 2. The molecular weight excluding hydrogens is 334 g/mol. The molecule has 1 unspecified atom stereocenters. The van der Waals surface area contributed by atoms with Gasteiger partial charge in [0.1, 0.15) is 6.04 Å². The number of ketones is 1. The van der Waals surface area contributed by atoms with Crippen LogP contribution in [0.5, 0.6) is 0 Å². The number of benzene rings is 2. The fourth-order valence-corrected chi connectivity index (χ4v) is 2.68. The van der Waals surface area contributed by atoms with Gasteiger partial charge in [-0.25, -0.2) is 9.36 Å². The Labute approximate surface area is 148 Å². The van der Waals surface area contributed by atoms with Gasteiger partial charge < -0.3 is 10.3 Å². The van der Waals surface area contributed by atoms with E-state index in [2.05, 4.69) is 10.3 Å². The molecule has 0 spiro atoms. The number of rotatable bonds is 4. The number of carbonyl (C=O) groups excluding carboxylic acids is 2. The summed E-state index contributed by atoms with van der Waals surface area (Å²) in [4.78, 5) is 51.2. The van der Waals surface area contributed by atoms with Crippen LogP contribution in [0.15, 0.2) is 58.1 Å². The van der Waals surface area contributed by atoms with E-state index in [9.17, 15) is 19.2 Å². The van der Waals surface area contributed by atoms with Crippen molar-refractivity contribution in [3.63, 3.8) is 0 Å². The van der Waals surface area contributed by atoms with E-state index in [-0.39, 0.29) is 5.78 Å². The highest BCUT2D eigenvalue weighted by atomic mass is 16.2. The number of aromatic nitrogens is 2. The van der Waals surface area contributed by atoms with Gasteiger partial charge in [-0.1, -0.05) is 12.1 Å². The maximum absolute atomic E-state index is 12.6. The predicted octanol–water partition coefficient (Wildman–Crippen LogP) is 2.09. The number of carbonyl (C=O) groups is 2. The molecule has 26 heavy (non-hydrogen) atoms. The van der Waals surface area contributed by atoms with E-state index >= 15 is 0 Å². The Hall–Kier alpha value is -3.48. The first-order valence-electron chi connectivity index (χ1n) is 8.04. The van der Waals surface area contributed by atoms with Crippen molar-refractivity contribution < 1.29 is 9.59 Å². The van der Waals surface area contributed by atoms with Crippen LogP contribution in [0.4, 0.5) is 5.69 Å². The molecule has 7 nitrogen and oxygen atoms in total. The summed E-state index contributed by atoms with van der Waals surface area (Å²) in [5, 5.41) is 2.98. The van der Waals surface area contributed by atoms with E-state index < -0.39 is 23.2 Å². The zero-order chi connectivity index (χ0) is 18.8. The third-order valence-electron chi connectivity index (χ3n) is 4.16. The number of hydrogen-bond acceptors (Lipinski definition) is 4. The molecule has 1 aromatic heterocycles. The van der Waals surface area contributed by atoms with Crippen molar-refractivity contribution in [2.45, 2.75) is 19.9 Å². The number of para-hydroxylation sites is 1. The minimum atomic E-state index is -1.01. The molecule has 132 valence electrons. The summed E-state index contributed by atoms with van der Waals surface area (Å²) < 4.78 is 0.890. The highest BCUT2D eigenvalue weighted by molar-refractivity contribution is 5.96. The summed E-state index contributed by atoms with van der Waals surface area (Å²) in [7, 11) is 0. The van der Waals surface area contributed by atoms with Gasteiger partial charge in [0.2, 0.25) is 5.91 Å². The Bertz CT molecular complexity index is 1110. The molecule has 0 aliphatic rings. The number of nitrogens with zero attached hydrogens (tertiary/aromatic N) is 1. The van der Waals surface area contributed by atoms with Crippen molar-refractivity contribution in [2.75, 3.05) is 5.32 Å². The van der Waals surface area contributed by atoms with Gasteiger partial charge in [0, 0.05) is 11.3 Å². The molecule has 0 aliphatic carbocycles. The molecule has 1 amide bonds. The standard InChI is InChI=1S/C19H17N3O4/c1-11(17(24)20-14-9-7-13(8-10-14)12(2)23)22-18(25)15-5-3-4-6-16(15)21-19(22)26/h3-11H,1-2H3,(H,20,24)(H,21,26). The van der Waals surface area contributed by atoms with Gasteiger partial charge in [0.05, 0.1) is 10.9 Å². The van der Waals surface area contributed by atoms with Crippen LogP contribution in [0.25, 0.3) is 10.9 Å². The second-order valence-electron chi connectivity index (χ2n) is 5.95. The van der Waals surface area contributed by atoms with Crippen molar-refractivity contribution in [3.8, 4) is 0 Å². The first kappa shape index (κ1) is 17.3. The molecule has 0 fully saturated rings. The van der Waals surface area contributed by atoms with Crippen LogP contribution < -0.4 is 16.6 Å². The van der Waals surface area contributed by atoms with Crippen molar-refractivity contribution in [2.24, 2.45) is 0 Å². The van der Waals surface area contributed by atoms with E-state index in [1.165, 1.54) is 13.8 Å². The average Bonchev–Trinajstić information content (AvgIpc) is 2.62. The molecule has 2 N–H and O–H groups in total. The minimum Gasteiger partial charge on any atom is -0.324 e.